The molecule has 1 saturated carbocycles. The van der Waals surface area contributed by atoms with Gasteiger partial charge in [-0.05, 0) is 42.5 Å². The molecule has 24 heavy (non-hydrogen) atoms. The van der Waals surface area contributed by atoms with Gasteiger partial charge in [-0.2, -0.15) is 0 Å². The van der Waals surface area contributed by atoms with Gasteiger partial charge in [0.25, 0.3) is 0 Å². The molecule has 0 saturated heterocycles. The van der Waals surface area contributed by atoms with E-state index in [1.54, 1.807) is 7.11 Å². The Morgan fingerprint density at radius 2 is 2.04 bits per heavy atom. The normalized spacial score (nSPS) is 16.5. The van der Waals surface area contributed by atoms with Gasteiger partial charge in [-0.1, -0.05) is 30.3 Å². The maximum absolute atomic E-state index is 12.3. The van der Waals surface area contributed by atoms with Crippen molar-refractivity contribution in [2.24, 2.45) is 5.92 Å². The molecule has 128 valence electrons. The number of aliphatic hydroxyl groups is 1. The van der Waals surface area contributed by atoms with Crippen molar-refractivity contribution < 1.29 is 14.6 Å². The van der Waals surface area contributed by atoms with Gasteiger partial charge in [-0.3, -0.25) is 0 Å². The fourth-order valence-electron chi connectivity index (χ4n) is 3.15. The number of hydrogen-bond donors (Lipinski definition) is 3. The summed E-state index contributed by atoms with van der Waals surface area (Å²) >= 11 is 0. The summed E-state index contributed by atoms with van der Waals surface area (Å²) in [5.41, 5.74) is 0.398. The van der Waals surface area contributed by atoms with Gasteiger partial charge in [0.2, 0.25) is 0 Å². The molecule has 2 aromatic rings. The number of nitrogens with one attached hydrogen (secondary N) is 2. The standard InChI is InChI=1S/C19H24N2O3/c1-19(12-22,14-8-9-14)21-18(23)20-11-16-15-6-4-3-5-13(15)7-10-17(16)24-2/h3-7,10,14,22H,8-9,11-12H2,1-2H3,(H2,20,21,23)/t19-/m1/s1. The minimum Gasteiger partial charge on any atom is -0.496 e. The summed E-state index contributed by atoms with van der Waals surface area (Å²) in [5.74, 6) is 1.11. The van der Waals surface area contributed by atoms with Gasteiger partial charge in [0.05, 0.1) is 19.3 Å². The topological polar surface area (TPSA) is 70.6 Å². The smallest absolute Gasteiger partial charge is 0.315 e. The summed E-state index contributed by atoms with van der Waals surface area (Å²) in [5, 5.41) is 17.6. The lowest BCUT2D eigenvalue weighted by Gasteiger charge is -2.28. The molecule has 0 unspecified atom stereocenters. The van der Waals surface area contributed by atoms with Crippen LogP contribution in [-0.4, -0.2) is 30.4 Å². The van der Waals surface area contributed by atoms with E-state index < -0.39 is 5.54 Å². The Labute approximate surface area is 142 Å². The van der Waals surface area contributed by atoms with Crippen molar-refractivity contribution in [1.82, 2.24) is 10.6 Å². The minimum absolute atomic E-state index is 0.0529. The van der Waals surface area contributed by atoms with Crippen molar-refractivity contribution in [2.75, 3.05) is 13.7 Å². The van der Waals surface area contributed by atoms with Crippen molar-refractivity contribution in [3.63, 3.8) is 0 Å². The zero-order valence-corrected chi connectivity index (χ0v) is 14.1. The molecule has 1 atom stereocenters. The van der Waals surface area contributed by atoms with Crippen LogP contribution in [-0.2, 0) is 6.54 Å². The van der Waals surface area contributed by atoms with Crippen LogP contribution in [0.1, 0.15) is 25.3 Å². The first-order valence-electron chi connectivity index (χ1n) is 8.29. The van der Waals surface area contributed by atoms with Crippen LogP contribution >= 0.6 is 0 Å². The molecule has 2 aromatic carbocycles. The predicted molar refractivity (Wildman–Crippen MR) is 94.1 cm³/mol. The second-order valence-corrected chi connectivity index (χ2v) is 6.63. The molecule has 2 amide bonds. The maximum atomic E-state index is 12.3. The Morgan fingerprint density at radius 3 is 2.71 bits per heavy atom. The third-order valence-corrected chi connectivity index (χ3v) is 4.85. The molecular weight excluding hydrogens is 304 g/mol. The number of fused-ring (bicyclic) bond motifs is 1. The van der Waals surface area contributed by atoms with E-state index >= 15 is 0 Å². The van der Waals surface area contributed by atoms with E-state index in [0.717, 1.165) is 34.9 Å². The number of carbonyl (C=O) groups is 1. The first-order valence-corrected chi connectivity index (χ1v) is 8.29. The monoisotopic (exact) mass is 328 g/mol. The molecule has 1 fully saturated rings. The van der Waals surface area contributed by atoms with Crippen molar-refractivity contribution >= 4 is 16.8 Å². The number of benzene rings is 2. The quantitative estimate of drug-likeness (QED) is 0.763. The van der Waals surface area contributed by atoms with E-state index in [4.69, 9.17) is 4.74 Å². The molecule has 0 bridgehead atoms. The molecule has 0 heterocycles. The van der Waals surface area contributed by atoms with Gasteiger partial charge in [0.15, 0.2) is 0 Å². The van der Waals surface area contributed by atoms with Crippen molar-refractivity contribution in [2.45, 2.75) is 31.8 Å². The molecule has 5 heteroatoms. The third-order valence-electron chi connectivity index (χ3n) is 4.85. The highest BCUT2D eigenvalue weighted by Crippen LogP contribution is 2.39. The average molecular weight is 328 g/mol. The number of hydrogen-bond acceptors (Lipinski definition) is 3. The van der Waals surface area contributed by atoms with Crippen LogP contribution in [0.15, 0.2) is 36.4 Å². The van der Waals surface area contributed by atoms with Crippen LogP contribution in [0.4, 0.5) is 4.79 Å². The largest absolute Gasteiger partial charge is 0.496 e. The Bertz CT molecular complexity index is 742. The highest BCUT2D eigenvalue weighted by Gasteiger charge is 2.42. The highest BCUT2D eigenvalue weighted by molar-refractivity contribution is 5.88. The average Bonchev–Trinajstić information content (AvgIpc) is 3.45. The number of aliphatic hydroxyl groups excluding tert-OH is 1. The van der Waals surface area contributed by atoms with E-state index in [1.807, 2.05) is 43.3 Å². The molecule has 1 aliphatic carbocycles. The fraction of sp³-hybridized carbons (Fsp3) is 0.421. The molecule has 5 nitrogen and oxygen atoms in total. The number of ether oxygens (including phenoxy) is 1. The lowest BCUT2D eigenvalue weighted by molar-refractivity contribution is 0.155. The number of urea groups is 1. The van der Waals surface area contributed by atoms with E-state index in [2.05, 4.69) is 10.6 Å². The molecule has 0 spiro atoms. The Hall–Kier alpha value is -2.27. The zero-order valence-electron chi connectivity index (χ0n) is 14.1. The van der Waals surface area contributed by atoms with Crippen LogP contribution in [0.2, 0.25) is 0 Å². The number of rotatable bonds is 6. The van der Waals surface area contributed by atoms with Gasteiger partial charge in [-0.15, -0.1) is 0 Å². The number of methoxy groups -OCH3 is 1. The summed E-state index contributed by atoms with van der Waals surface area (Å²) in [4.78, 5) is 12.3. The predicted octanol–water partition coefficient (Wildman–Crippen LogP) is 2.81. The maximum Gasteiger partial charge on any atom is 0.315 e. The first kappa shape index (κ1) is 16.6. The Kier molecular flexibility index (Phi) is 4.62. The summed E-state index contributed by atoms with van der Waals surface area (Å²) in [7, 11) is 1.63. The lowest BCUT2D eigenvalue weighted by Crippen LogP contribution is -2.53. The van der Waals surface area contributed by atoms with E-state index in [1.165, 1.54) is 0 Å². The fourth-order valence-corrected chi connectivity index (χ4v) is 3.15. The van der Waals surface area contributed by atoms with Crippen LogP contribution < -0.4 is 15.4 Å². The summed E-state index contributed by atoms with van der Waals surface area (Å²) in [6, 6.07) is 11.7. The van der Waals surface area contributed by atoms with Crippen LogP contribution in [0.25, 0.3) is 10.8 Å². The highest BCUT2D eigenvalue weighted by atomic mass is 16.5. The molecule has 3 N–H and O–H groups in total. The van der Waals surface area contributed by atoms with Crippen molar-refractivity contribution in [3.05, 3.63) is 42.0 Å². The Balaban J connectivity index is 1.74. The van der Waals surface area contributed by atoms with Gasteiger partial charge < -0.3 is 20.5 Å². The van der Waals surface area contributed by atoms with Gasteiger partial charge in [0, 0.05) is 12.1 Å². The van der Waals surface area contributed by atoms with Crippen LogP contribution in [0.3, 0.4) is 0 Å². The molecule has 0 aromatic heterocycles. The van der Waals surface area contributed by atoms with Gasteiger partial charge in [0.1, 0.15) is 5.75 Å². The number of carbonyl (C=O) groups excluding carboxylic acids is 1. The zero-order chi connectivity index (χ0) is 17.2. The lowest BCUT2D eigenvalue weighted by atomic mass is 9.97. The molecule has 0 aliphatic heterocycles. The van der Waals surface area contributed by atoms with Gasteiger partial charge in [-0.25, -0.2) is 4.79 Å². The van der Waals surface area contributed by atoms with Crippen LogP contribution in [0, 0.1) is 5.92 Å². The second kappa shape index (κ2) is 6.69. The second-order valence-electron chi connectivity index (χ2n) is 6.63. The minimum atomic E-state index is -0.549. The molecule has 1 aliphatic rings. The van der Waals surface area contributed by atoms with E-state index in [9.17, 15) is 9.90 Å². The third kappa shape index (κ3) is 3.31. The van der Waals surface area contributed by atoms with Crippen molar-refractivity contribution in [3.8, 4) is 5.75 Å². The molecule has 0 radical (unpaired) electrons. The van der Waals surface area contributed by atoms with Gasteiger partial charge >= 0.3 is 6.03 Å². The molecule has 3 rings (SSSR count). The number of amides is 2. The SMILES string of the molecule is COc1ccc2ccccc2c1CNC(=O)N[C@](C)(CO)C1CC1. The summed E-state index contributed by atoms with van der Waals surface area (Å²) in [6.45, 7) is 2.20. The first-order chi connectivity index (χ1) is 11.6. The Morgan fingerprint density at radius 1 is 1.29 bits per heavy atom. The summed E-state index contributed by atoms with van der Waals surface area (Å²) < 4.78 is 5.44. The summed E-state index contributed by atoms with van der Waals surface area (Å²) in [6.07, 6.45) is 2.10. The van der Waals surface area contributed by atoms with E-state index in [0.29, 0.717) is 12.5 Å². The van der Waals surface area contributed by atoms with E-state index in [-0.39, 0.29) is 12.6 Å². The van der Waals surface area contributed by atoms with Crippen LogP contribution in [0.5, 0.6) is 5.75 Å². The van der Waals surface area contributed by atoms with Crippen molar-refractivity contribution in [1.29, 1.82) is 0 Å². The molecular formula is C19H24N2O3.